The summed E-state index contributed by atoms with van der Waals surface area (Å²) in [5, 5.41) is 9.40. The van der Waals surface area contributed by atoms with Gasteiger partial charge in [-0.15, -0.1) is 0 Å². The first-order chi connectivity index (χ1) is 8.33. The molecule has 0 saturated carbocycles. The van der Waals surface area contributed by atoms with E-state index in [0.717, 1.165) is 45.8 Å². The molecule has 4 nitrogen and oxygen atoms in total. The van der Waals surface area contributed by atoms with Gasteiger partial charge in [-0.2, -0.15) is 0 Å². The number of aliphatic hydroxyl groups excluding tert-OH is 1. The van der Waals surface area contributed by atoms with Crippen molar-refractivity contribution in [3.8, 4) is 0 Å². The van der Waals surface area contributed by atoms with Gasteiger partial charge >= 0.3 is 0 Å². The van der Waals surface area contributed by atoms with Crippen molar-refractivity contribution >= 4 is 0 Å². The Bertz CT molecular complexity index is 225. The molecule has 17 heavy (non-hydrogen) atoms. The van der Waals surface area contributed by atoms with Crippen LogP contribution < -0.4 is 0 Å². The average molecular weight is 242 g/mol. The van der Waals surface area contributed by atoms with Crippen LogP contribution in [-0.2, 0) is 4.74 Å². The summed E-state index contributed by atoms with van der Waals surface area (Å²) < 4.78 is 5.84. The van der Waals surface area contributed by atoms with Crippen molar-refractivity contribution < 1.29 is 9.84 Å². The zero-order chi connectivity index (χ0) is 12.1. The Morgan fingerprint density at radius 2 is 2.18 bits per heavy atom. The summed E-state index contributed by atoms with van der Waals surface area (Å²) in [6.45, 7) is 8.70. The van der Waals surface area contributed by atoms with Gasteiger partial charge in [-0.1, -0.05) is 13.3 Å². The summed E-state index contributed by atoms with van der Waals surface area (Å²) in [6, 6.07) is 0.365. The van der Waals surface area contributed by atoms with Crippen molar-refractivity contribution in [2.75, 3.05) is 45.9 Å². The van der Waals surface area contributed by atoms with Crippen LogP contribution in [0.25, 0.3) is 0 Å². The highest BCUT2D eigenvalue weighted by molar-refractivity contribution is 4.81. The summed E-state index contributed by atoms with van der Waals surface area (Å²) in [6.07, 6.45) is 3.99. The molecule has 0 bridgehead atoms. The smallest absolute Gasteiger partial charge is 0.0829 e. The van der Waals surface area contributed by atoms with Gasteiger partial charge in [0.15, 0.2) is 0 Å². The van der Waals surface area contributed by atoms with E-state index < -0.39 is 0 Å². The molecular weight excluding hydrogens is 216 g/mol. The standard InChI is InChI=1S/C13H26N2O2/c1-2-14-7-8-17-13(9-14)10-15-6-4-3-5-12(15)11-16/h12-13,16H,2-11H2,1H3. The fraction of sp³-hybridized carbons (Fsp3) is 1.00. The topological polar surface area (TPSA) is 35.9 Å². The minimum Gasteiger partial charge on any atom is -0.395 e. The molecule has 0 aromatic carbocycles. The second kappa shape index (κ2) is 6.69. The lowest BCUT2D eigenvalue weighted by atomic mass is 10.0. The molecular formula is C13H26N2O2. The van der Waals surface area contributed by atoms with E-state index in [1.807, 2.05) is 0 Å². The Morgan fingerprint density at radius 1 is 1.29 bits per heavy atom. The van der Waals surface area contributed by atoms with Gasteiger partial charge in [-0.25, -0.2) is 0 Å². The minimum absolute atomic E-state index is 0.296. The van der Waals surface area contributed by atoms with Crippen LogP contribution in [0.4, 0.5) is 0 Å². The Kier molecular flexibility index (Phi) is 5.22. The van der Waals surface area contributed by atoms with Crippen LogP contribution in [0.5, 0.6) is 0 Å². The second-order valence-electron chi connectivity index (χ2n) is 5.21. The van der Waals surface area contributed by atoms with Crippen molar-refractivity contribution in [3.05, 3.63) is 0 Å². The summed E-state index contributed by atoms with van der Waals surface area (Å²) in [5.74, 6) is 0. The second-order valence-corrected chi connectivity index (χ2v) is 5.21. The number of likely N-dealkylation sites (tertiary alicyclic amines) is 1. The predicted molar refractivity (Wildman–Crippen MR) is 68.2 cm³/mol. The molecule has 2 fully saturated rings. The molecule has 4 heteroatoms. The molecule has 0 radical (unpaired) electrons. The molecule has 2 atom stereocenters. The SMILES string of the molecule is CCN1CCOC(CN2CCCCC2CO)C1. The van der Waals surface area contributed by atoms with Crippen molar-refractivity contribution in [1.82, 2.24) is 9.80 Å². The third kappa shape index (κ3) is 3.65. The molecule has 0 aromatic heterocycles. The molecule has 2 aliphatic heterocycles. The fourth-order valence-corrected chi connectivity index (χ4v) is 2.95. The zero-order valence-corrected chi connectivity index (χ0v) is 11.0. The fourth-order valence-electron chi connectivity index (χ4n) is 2.95. The number of hydrogen-bond acceptors (Lipinski definition) is 4. The van der Waals surface area contributed by atoms with Crippen LogP contribution >= 0.6 is 0 Å². The normalized spacial score (nSPS) is 32.8. The molecule has 2 aliphatic rings. The van der Waals surface area contributed by atoms with Gasteiger partial charge in [0.1, 0.15) is 0 Å². The first-order valence-corrected chi connectivity index (χ1v) is 7.02. The lowest BCUT2D eigenvalue weighted by Gasteiger charge is -2.39. The Hall–Kier alpha value is -0.160. The van der Waals surface area contributed by atoms with Crippen LogP contribution in [0.15, 0.2) is 0 Å². The largest absolute Gasteiger partial charge is 0.395 e. The van der Waals surface area contributed by atoms with Gasteiger partial charge < -0.3 is 9.84 Å². The first kappa shape index (κ1) is 13.3. The van der Waals surface area contributed by atoms with E-state index in [1.165, 1.54) is 12.8 Å². The van der Waals surface area contributed by atoms with Crippen molar-refractivity contribution in [2.24, 2.45) is 0 Å². The van der Waals surface area contributed by atoms with E-state index in [4.69, 9.17) is 4.74 Å². The van der Waals surface area contributed by atoms with Gasteiger partial charge in [0.2, 0.25) is 0 Å². The predicted octanol–water partition coefficient (Wildman–Crippen LogP) is 0.554. The van der Waals surface area contributed by atoms with Crippen molar-refractivity contribution in [2.45, 2.75) is 38.3 Å². The number of rotatable bonds is 4. The highest BCUT2D eigenvalue weighted by Crippen LogP contribution is 2.18. The van der Waals surface area contributed by atoms with Crippen LogP contribution in [0.3, 0.4) is 0 Å². The van der Waals surface area contributed by atoms with Crippen molar-refractivity contribution in [3.63, 3.8) is 0 Å². The maximum atomic E-state index is 9.40. The van der Waals surface area contributed by atoms with Gasteiger partial charge in [0.25, 0.3) is 0 Å². The van der Waals surface area contributed by atoms with Crippen LogP contribution in [-0.4, -0.2) is 73.0 Å². The number of likely N-dealkylation sites (N-methyl/N-ethyl adjacent to an activating group) is 1. The van der Waals surface area contributed by atoms with Crippen LogP contribution in [0, 0.1) is 0 Å². The van der Waals surface area contributed by atoms with Gasteiger partial charge in [0, 0.05) is 25.7 Å². The third-order valence-electron chi connectivity index (χ3n) is 4.07. The number of hydrogen-bond donors (Lipinski definition) is 1. The molecule has 2 saturated heterocycles. The molecule has 100 valence electrons. The molecule has 0 spiro atoms. The Balaban J connectivity index is 1.81. The molecule has 2 heterocycles. The highest BCUT2D eigenvalue weighted by Gasteiger charge is 2.27. The van der Waals surface area contributed by atoms with Gasteiger partial charge in [-0.05, 0) is 25.9 Å². The van der Waals surface area contributed by atoms with E-state index in [-0.39, 0.29) is 0 Å². The maximum Gasteiger partial charge on any atom is 0.0829 e. The Labute approximate surface area is 105 Å². The monoisotopic (exact) mass is 242 g/mol. The maximum absolute atomic E-state index is 9.40. The van der Waals surface area contributed by atoms with E-state index in [1.54, 1.807) is 0 Å². The molecule has 0 aliphatic carbocycles. The summed E-state index contributed by atoms with van der Waals surface area (Å²) in [4.78, 5) is 4.87. The van der Waals surface area contributed by atoms with Gasteiger partial charge in [0.05, 0.1) is 19.3 Å². The lowest BCUT2D eigenvalue weighted by Crippen LogP contribution is -2.51. The summed E-state index contributed by atoms with van der Waals surface area (Å²) in [7, 11) is 0. The zero-order valence-electron chi connectivity index (χ0n) is 11.0. The third-order valence-corrected chi connectivity index (χ3v) is 4.07. The molecule has 0 aromatic rings. The quantitative estimate of drug-likeness (QED) is 0.781. The first-order valence-electron chi connectivity index (χ1n) is 7.02. The number of morpholine rings is 1. The van der Waals surface area contributed by atoms with Gasteiger partial charge in [-0.3, -0.25) is 9.80 Å². The summed E-state index contributed by atoms with van der Waals surface area (Å²) >= 11 is 0. The Morgan fingerprint density at radius 3 is 2.94 bits per heavy atom. The number of piperidine rings is 1. The number of ether oxygens (including phenoxy) is 1. The van der Waals surface area contributed by atoms with E-state index in [0.29, 0.717) is 18.8 Å². The summed E-state index contributed by atoms with van der Waals surface area (Å²) in [5.41, 5.74) is 0. The van der Waals surface area contributed by atoms with E-state index in [2.05, 4.69) is 16.7 Å². The van der Waals surface area contributed by atoms with E-state index in [9.17, 15) is 5.11 Å². The van der Waals surface area contributed by atoms with Crippen LogP contribution in [0.1, 0.15) is 26.2 Å². The molecule has 1 N–H and O–H groups in total. The lowest BCUT2D eigenvalue weighted by molar-refractivity contribution is -0.0544. The number of nitrogens with zero attached hydrogens (tertiary/aromatic N) is 2. The molecule has 2 unspecified atom stereocenters. The minimum atomic E-state index is 0.296. The van der Waals surface area contributed by atoms with Crippen molar-refractivity contribution in [1.29, 1.82) is 0 Å². The average Bonchev–Trinajstić information content (AvgIpc) is 2.39. The van der Waals surface area contributed by atoms with E-state index >= 15 is 0 Å². The number of aliphatic hydroxyl groups is 1. The molecule has 0 amide bonds. The van der Waals surface area contributed by atoms with Crippen LogP contribution in [0.2, 0.25) is 0 Å². The molecule has 2 rings (SSSR count). The highest BCUT2D eigenvalue weighted by atomic mass is 16.5.